The van der Waals surface area contributed by atoms with E-state index in [0.29, 0.717) is 17.2 Å². The Hall–Kier alpha value is -4.97. The molecule has 3 amide bonds. The van der Waals surface area contributed by atoms with E-state index in [1.807, 2.05) is 0 Å². The molecule has 0 aromatic heterocycles. The van der Waals surface area contributed by atoms with Gasteiger partial charge in [0.1, 0.15) is 24.5 Å². The van der Waals surface area contributed by atoms with Gasteiger partial charge in [-0.25, -0.2) is 13.2 Å². The van der Waals surface area contributed by atoms with Crippen LogP contribution in [0, 0.1) is 5.41 Å². The van der Waals surface area contributed by atoms with Crippen molar-refractivity contribution in [3.05, 3.63) is 77.9 Å². The molecule has 1 aliphatic rings. The fourth-order valence-electron chi connectivity index (χ4n) is 4.92. The first-order chi connectivity index (χ1) is 23.0. The molecular weight excluding hydrogens is 673 g/mol. The molecule has 49 heavy (non-hydrogen) atoms. The molecule has 14 nitrogen and oxygen atoms in total. The first-order valence-electron chi connectivity index (χ1n) is 15.0. The highest BCUT2D eigenvalue weighted by Gasteiger charge is 2.35. The Bertz CT molecular complexity index is 1650. The number of nitrogen functional groups attached to an aromatic ring is 1. The summed E-state index contributed by atoms with van der Waals surface area (Å²) in [4.78, 5) is 49.9. The predicted molar refractivity (Wildman–Crippen MR) is 170 cm³/mol. The first kappa shape index (κ1) is 38.5. The number of carbonyl (C=O) groups is 4. The van der Waals surface area contributed by atoms with E-state index in [4.69, 9.17) is 15.9 Å². The van der Waals surface area contributed by atoms with Crippen LogP contribution in [0.25, 0.3) is 0 Å². The first-order valence-corrected chi connectivity index (χ1v) is 16.4. The normalized spacial score (nSPS) is 15.3. The van der Waals surface area contributed by atoms with E-state index in [-0.39, 0.29) is 51.2 Å². The number of sulfonamides is 1. The highest BCUT2D eigenvalue weighted by atomic mass is 32.2. The third kappa shape index (κ3) is 11.3. The maximum Gasteiger partial charge on any atom is 0.416 e. The molecule has 266 valence electrons. The van der Waals surface area contributed by atoms with Crippen molar-refractivity contribution in [3.63, 3.8) is 0 Å². The number of hydrogen-bond acceptors (Lipinski definition) is 8. The molecule has 7 N–H and O–H groups in total. The standard InChI is InChI=1S/C31H37F3N6O8S/c1-2-16-48-30(45)39-25(17-19-6-8-20(9-7-19)27(35)36)29(44)38-24(10-11-26(41)42)28(43)37-22-12-14-40(15-13-22)49(46,47)23-5-3-4-21(18-23)31(32,33)34/h2-9,18,22,24-25H,1,10-17H2,(H3,35,36)(H,37,43)(H,38,44)(H,39,45)(H,41,42)/t24-,25-/m0/s1. The number of amides is 3. The number of nitrogens with one attached hydrogen (secondary N) is 4. The van der Waals surface area contributed by atoms with Crippen LogP contribution in [-0.4, -0.2) is 85.4 Å². The van der Waals surface area contributed by atoms with Crippen molar-refractivity contribution < 1.29 is 50.6 Å². The zero-order valence-corrected chi connectivity index (χ0v) is 27.0. The molecule has 1 saturated heterocycles. The van der Waals surface area contributed by atoms with Gasteiger partial charge in [0.05, 0.1) is 10.5 Å². The van der Waals surface area contributed by atoms with Gasteiger partial charge in [-0.2, -0.15) is 17.5 Å². The summed E-state index contributed by atoms with van der Waals surface area (Å²) in [7, 11) is -4.27. The van der Waals surface area contributed by atoms with Crippen LogP contribution in [-0.2, 0) is 41.7 Å². The highest BCUT2D eigenvalue weighted by Crippen LogP contribution is 2.31. The Morgan fingerprint density at radius 1 is 1.06 bits per heavy atom. The number of nitrogens with two attached hydrogens (primary N) is 1. The van der Waals surface area contributed by atoms with Crippen molar-refractivity contribution in [2.24, 2.45) is 5.73 Å². The zero-order valence-electron chi connectivity index (χ0n) is 26.2. The summed E-state index contributed by atoms with van der Waals surface area (Å²) in [6.07, 6.45) is -5.13. The van der Waals surface area contributed by atoms with Crippen LogP contribution in [0.1, 0.15) is 42.4 Å². The molecule has 0 aliphatic carbocycles. The average molecular weight is 711 g/mol. The number of benzene rings is 2. The SMILES string of the molecule is C=CCOC(=O)N[C@@H](Cc1ccc(C(=N)N)cc1)C(=O)N[C@@H](CCC(=O)O)C(=O)NC1CCN(S(=O)(=O)c2cccc(C(F)(F)F)c2)CC1. The van der Waals surface area contributed by atoms with E-state index in [2.05, 4.69) is 22.5 Å². The molecule has 2 aromatic carbocycles. The second-order valence-electron chi connectivity index (χ2n) is 11.1. The number of carbonyl (C=O) groups excluding carboxylic acids is 3. The fourth-order valence-corrected chi connectivity index (χ4v) is 6.43. The largest absolute Gasteiger partial charge is 0.481 e. The average Bonchev–Trinajstić information content (AvgIpc) is 3.05. The topological polar surface area (TPSA) is 221 Å². The lowest BCUT2D eigenvalue weighted by molar-refractivity contribution is -0.138. The van der Waals surface area contributed by atoms with Crippen molar-refractivity contribution in [2.45, 2.75) is 61.3 Å². The van der Waals surface area contributed by atoms with Crippen molar-refractivity contribution in [3.8, 4) is 0 Å². The van der Waals surface area contributed by atoms with Gasteiger partial charge >= 0.3 is 18.2 Å². The van der Waals surface area contributed by atoms with E-state index >= 15 is 0 Å². The third-order valence-electron chi connectivity index (χ3n) is 7.52. The summed E-state index contributed by atoms with van der Waals surface area (Å²) in [5.74, 6) is -3.01. The number of halogens is 3. The number of ether oxygens (including phenoxy) is 1. The van der Waals surface area contributed by atoms with Crippen LogP contribution >= 0.6 is 0 Å². The number of hydrogen-bond donors (Lipinski definition) is 6. The van der Waals surface area contributed by atoms with Crippen LogP contribution in [0.15, 0.2) is 66.1 Å². The molecule has 0 unspecified atom stereocenters. The Kier molecular flexibility index (Phi) is 13.3. The number of piperidine rings is 1. The van der Waals surface area contributed by atoms with Crippen molar-refractivity contribution in [1.82, 2.24) is 20.3 Å². The summed E-state index contributed by atoms with van der Waals surface area (Å²) in [6.45, 7) is 3.03. The molecule has 2 atom stereocenters. The van der Waals surface area contributed by atoms with Gasteiger partial charge in [-0.15, -0.1) is 0 Å². The summed E-state index contributed by atoms with van der Waals surface area (Å²) in [5.41, 5.74) is 5.35. The predicted octanol–water partition coefficient (Wildman–Crippen LogP) is 2.13. The van der Waals surface area contributed by atoms with Gasteiger partial charge in [-0.1, -0.05) is 43.0 Å². The number of rotatable bonds is 15. The molecule has 1 heterocycles. The minimum Gasteiger partial charge on any atom is -0.481 e. The lowest BCUT2D eigenvalue weighted by Gasteiger charge is -2.32. The maximum absolute atomic E-state index is 13.4. The Balaban J connectivity index is 1.70. The van der Waals surface area contributed by atoms with Crippen LogP contribution < -0.4 is 21.7 Å². The maximum atomic E-state index is 13.4. The second kappa shape index (κ2) is 16.9. The second-order valence-corrected chi connectivity index (χ2v) is 13.0. The van der Waals surface area contributed by atoms with E-state index in [9.17, 15) is 45.9 Å². The molecule has 1 fully saturated rings. The van der Waals surface area contributed by atoms with Gasteiger partial charge in [-0.3, -0.25) is 19.8 Å². The van der Waals surface area contributed by atoms with Crippen molar-refractivity contribution in [1.29, 1.82) is 5.41 Å². The van der Waals surface area contributed by atoms with Crippen LogP contribution in [0.4, 0.5) is 18.0 Å². The number of amidine groups is 1. The van der Waals surface area contributed by atoms with E-state index < -0.39 is 75.1 Å². The van der Waals surface area contributed by atoms with Gasteiger partial charge in [0.15, 0.2) is 0 Å². The number of alkyl halides is 3. The molecule has 0 spiro atoms. The van der Waals surface area contributed by atoms with Gasteiger partial charge in [0, 0.05) is 37.5 Å². The molecule has 2 aromatic rings. The molecule has 0 radical (unpaired) electrons. The quantitative estimate of drug-likeness (QED) is 0.0904. The lowest BCUT2D eigenvalue weighted by Crippen LogP contribution is -2.56. The molecule has 0 bridgehead atoms. The van der Waals surface area contributed by atoms with Gasteiger partial charge in [0.25, 0.3) is 0 Å². The number of aliphatic carboxylic acids is 1. The summed E-state index contributed by atoms with van der Waals surface area (Å²) in [6, 6.07) is 6.38. The minimum atomic E-state index is -4.73. The number of carboxylic acid groups (broad SMARTS) is 1. The van der Waals surface area contributed by atoms with Crippen LogP contribution in [0.2, 0.25) is 0 Å². The zero-order chi connectivity index (χ0) is 36.4. The summed E-state index contributed by atoms with van der Waals surface area (Å²) in [5, 5.41) is 24.4. The van der Waals surface area contributed by atoms with E-state index in [1.54, 1.807) is 24.3 Å². The van der Waals surface area contributed by atoms with Crippen LogP contribution in [0.3, 0.4) is 0 Å². The van der Waals surface area contributed by atoms with Crippen molar-refractivity contribution in [2.75, 3.05) is 19.7 Å². The smallest absolute Gasteiger partial charge is 0.416 e. The van der Waals surface area contributed by atoms with Gasteiger partial charge in [-0.05, 0) is 43.0 Å². The monoisotopic (exact) mass is 710 g/mol. The Morgan fingerprint density at radius 3 is 2.29 bits per heavy atom. The fraction of sp³-hybridized carbons (Fsp3) is 0.387. The van der Waals surface area contributed by atoms with E-state index in [0.717, 1.165) is 22.5 Å². The van der Waals surface area contributed by atoms with Gasteiger partial charge in [0.2, 0.25) is 21.8 Å². The number of carboxylic acids is 1. The highest BCUT2D eigenvalue weighted by molar-refractivity contribution is 7.89. The lowest BCUT2D eigenvalue weighted by atomic mass is 10.0. The molecule has 3 rings (SSSR count). The Morgan fingerprint density at radius 2 is 1.71 bits per heavy atom. The Labute approximate surface area is 280 Å². The summed E-state index contributed by atoms with van der Waals surface area (Å²) < 4.78 is 71.5. The molecule has 1 aliphatic heterocycles. The van der Waals surface area contributed by atoms with Crippen molar-refractivity contribution >= 4 is 39.7 Å². The third-order valence-corrected chi connectivity index (χ3v) is 9.42. The van der Waals surface area contributed by atoms with Gasteiger partial charge < -0.3 is 31.5 Å². The minimum absolute atomic E-state index is 0.0825. The number of nitrogens with zero attached hydrogens (tertiary/aromatic N) is 1. The van der Waals surface area contributed by atoms with E-state index in [1.165, 1.54) is 6.08 Å². The summed E-state index contributed by atoms with van der Waals surface area (Å²) >= 11 is 0. The molecule has 18 heteroatoms. The molecular formula is C31H37F3N6O8S. The molecule has 0 saturated carbocycles. The van der Waals surface area contributed by atoms with Crippen LogP contribution in [0.5, 0.6) is 0 Å². The number of alkyl carbamates (subject to hydrolysis) is 1.